The summed E-state index contributed by atoms with van der Waals surface area (Å²) in [6.45, 7) is 0. The number of ether oxygens (including phenoxy) is 1. The van der Waals surface area contributed by atoms with Crippen LogP contribution < -0.4 is 10.1 Å². The molecule has 5 nitrogen and oxygen atoms in total. The Morgan fingerprint density at radius 1 is 1.26 bits per heavy atom. The standard InChI is InChI=1S/C11H9F3N4O/c1-15-10-17-8(11(12,13)14)5-9(18-10)19-7-3-2-4-16-6-7/h2-6H,1H3,(H,15,17,18). The Bertz CT molecular complexity index is 560. The van der Waals surface area contributed by atoms with E-state index in [0.717, 1.165) is 6.07 Å². The summed E-state index contributed by atoms with van der Waals surface area (Å²) in [7, 11) is 1.42. The second kappa shape index (κ2) is 5.09. The minimum Gasteiger partial charge on any atom is -0.437 e. The number of hydrogen-bond donors (Lipinski definition) is 1. The summed E-state index contributed by atoms with van der Waals surface area (Å²) >= 11 is 0. The second-order valence-corrected chi connectivity index (χ2v) is 3.45. The van der Waals surface area contributed by atoms with Crippen LogP contribution in [0.2, 0.25) is 0 Å². The fourth-order valence-corrected chi connectivity index (χ4v) is 1.26. The Morgan fingerprint density at radius 3 is 2.63 bits per heavy atom. The molecule has 0 amide bonds. The maximum Gasteiger partial charge on any atom is 0.433 e. The Hall–Kier alpha value is -2.38. The van der Waals surface area contributed by atoms with Crippen LogP contribution in [0.4, 0.5) is 19.1 Å². The molecule has 0 aliphatic rings. The van der Waals surface area contributed by atoms with Crippen molar-refractivity contribution in [3.05, 3.63) is 36.3 Å². The zero-order chi connectivity index (χ0) is 13.9. The Kier molecular flexibility index (Phi) is 3.50. The molecule has 0 bridgehead atoms. The maximum atomic E-state index is 12.6. The van der Waals surface area contributed by atoms with Gasteiger partial charge in [-0.1, -0.05) is 0 Å². The van der Waals surface area contributed by atoms with E-state index in [2.05, 4.69) is 20.3 Å². The quantitative estimate of drug-likeness (QED) is 0.929. The molecule has 0 saturated carbocycles. The smallest absolute Gasteiger partial charge is 0.433 e. The summed E-state index contributed by atoms with van der Waals surface area (Å²) in [4.78, 5) is 10.9. The van der Waals surface area contributed by atoms with Gasteiger partial charge in [0.25, 0.3) is 0 Å². The normalized spacial score (nSPS) is 11.2. The van der Waals surface area contributed by atoms with Gasteiger partial charge in [0.15, 0.2) is 5.69 Å². The number of pyridine rings is 1. The largest absolute Gasteiger partial charge is 0.437 e. The van der Waals surface area contributed by atoms with E-state index in [1.807, 2.05) is 0 Å². The van der Waals surface area contributed by atoms with Crippen LogP contribution in [-0.2, 0) is 6.18 Å². The molecule has 0 unspecified atom stereocenters. The highest BCUT2D eigenvalue weighted by Gasteiger charge is 2.34. The summed E-state index contributed by atoms with van der Waals surface area (Å²) in [5.41, 5.74) is -1.08. The van der Waals surface area contributed by atoms with Crippen molar-refractivity contribution in [1.82, 2.24) is 15.0 Å². The lowest BCUT2D eigenvalue weighted by atomic mass is 10.4. The molecule has 100 valence electrons. The van der Waals surface area contributed by atoms with Crippen molar-refractivity contribution in [1.29, 1.82) is 0 Å². The summed E-state index contributed by atoms with van der Waals surface area (Å²) in [6, 6.07) is 3.88. The molecule has 0 aliphatic carbocycles. The first-order valence-electron chi connectivity index (χ1n) is 5.21. The molecule has 0 radical (unpaired) electrons. The Labute approximate surface area is 106 Å². The van der Waals surface area contributed by atoms with Crippen LogP contribution in [0.25, 0.3) is 0 Å². The number of halogens is 3. The number of aromatic nitrogens is 3. The lowest BCUT2D eigenvalue weighted by Gasteiger charge is -2.10. The summed E-state index contributed by atoms with van der Waals surface area (Å²) < 4.78 is 43.1. The van der Waals surface area contributed by atoms with Gasteiger partial charge in [-0.05, 0) is 12.1 Å². The SMILES string of the molecule is CNc1nc(Oc2cccnc2)cc(C(F)(F)F)n1. The van der Waals surface area contributed by atoms with Crippen LogP contribution in [-0.4, -0.2) is 22.0 Å². The van der Waals surface area contributed by atoms with Crippen LogP contribution in [0.3, 0.4) is 0 Å². The van der Waals surface area contributed by atoms with Gasteiger partial charge in [-0.25, -0.2) is 4.98 Å². The third-order valence-corrected chi connectivity index (χ3v) is 2.07. The van der Waals surface area contributed by atoms with Gasteiger partial charge in [0.1, 0.15) is 5.75 Å². The van der Waals surface area contributed by atoms with Gasteiger partial charge >= 0.3 is 6.18 Å². The number of anilines is 1. The van der Waals surface area contributed by atoms with Crippen molar-refractivity contribution in [2.45, 2.75) is 6.18 Å². The highest BCUT2D eigenvalue weighted by molar-refractivity contribution is 5.33. The minimum atomic E-state index is -4.57. The predicted molar refractivity (Wildman–Crippen MR) is 60.9 cm³/mol. The second-order valence-electron chi connectivity index (χ2n) is 3.45. The van der Waals surface area contributed by atoms with E-state index >= 15 is 0 Å². The minimum absolute atomic E-state index is 0.172. The summed E-state index contributed by atoms with van der Waals surface area (Å²) in [6.07, 6.45) is -1.68. The molecule has 2 aromatic heterocycles. The molecule has 8 heteroatoms. The third kappa shape index (κ3) is 3.30. The van der Waals surface area contributed by atoms with E-state index in [0.29, 0.717) is 0 Å². The molecule has 19 heavy (non-hydrogen) atoms. The van der Waals surface area contributed by atoms with Crippen LogP contribution in [0.1, 0.15) is 5.69 Å². The average molecular weight is 270 g/mol. The fraction of sp³-hybridized carbons (Fsp3) is 0.182. The lowest BCUT2D eigenvalue weighted by Crippen LogP contribution is -2.11. The van der Waals surface area contributed by atoms with E-state index in [4.69, 9.17) is 4.74 Å². The van der Waals surface area contributed by atoms with E-state index in [1.54, 1.807) is 12.1 Å². The molecule has 2 aromatic rings. The molecule has 2 heterocycles. The highest BCUT2D eigenvalue weighted by atomic mass is 19.4. The van der Waals surface area contributed by atoms with Crippen molar-refractivity contribution in [3.8, 4) is 11.6 Å². The van der Waals surface area contributed by atoms with Crippen LogP contribution in [0.5, 0.6) is 11.6 Å². The number of nitrogens with zero attached hydrogens (tertiary/aromatic N) is 3. The first-order valence-corrected chi connectivity index (χ1v) is 5.21. The molecule has 2 rings (SSSR count). The van der Waals surface area contributed by atoms with Crippen LogP contribution in [0.15, 0.2) is 30.6 Å². The molecule has 0 spiro atoms. The number of hydrogen-bond acceptors (Lipinski definition) is 5. The zero-order valence-electron chi connectivity index (χ0n) is 9.77. The van der Waals surface area contributed by atoms with E-state index in [-0.39, 0.29) is 17.6 Å². The Morgan fingerprint density at radius 2 is 2.05 bits per heavy atom. The van der Waals surface area contributed by atoms with Gasteiger partial charge in [0.2, 0.25) is 11.8 Å². The Balaban J connectivity index is 2.35. The maximum absolute atomic E-state index is 12.6. The van der Waals surface area contributed by atoms with Gasteiger partial charge in [0.05, 0.1) is 6.20 Å². The molecular formula is C11H9F3N4O. The van der Waals surface area contributed by atoms with E-state index < -0.39 is 11.9 Å². The number of nitrogens with one attached hydrogen (secondary N) is 1. The van der Waals surface area contributed by atoms with E-state index in [9.17, 15) is 13.2 Å². The van der Waals surface area contributed by atoms with E-state index in [1.165, 1.54) is 19.4 Å². The first-order chi connectivity index (χ1) is 8.99. The molecular weight excluding hydrogens is 261 g/mol. The topological polar surface area (TPSA) is 59.9 Å². The molecule has 0 atom stereocenters. The van der Waals surface area contributed by atoms with Crippen LogP contribution >= 0.6 is 0 Å². The van der Waals surface area contributed by atoms with Gasteiger partial charge in [-0.2, -0.15) is 18.2 Å². The van der Waals surface area contributed by atoms with Crippen molar-refractivity contribution in [3.63, 3.8) is 0 Å². The van der Waals surface area contributed by atoms with Gasteiger partial charge in [-0.3, -0.25) is 4.98 Å². The summed E-state index contributed by atoms with van der Waals surface area (Å²) in [5, 5.41) is 2.45. The third-order valence-electron chi connectivity index (χ3n) is 2.07. The first kappa shape index (κ1) is 13.1. The highest BCUT2D eigenvalue weighted by Crippen LogP contribution is 2.31. The van der Waals surface area contributed by atoms with Gasteiger partial charge in [0, 0.05) is 19.3 Å². The number of rotatable bonds is 3. The predicted octanol–water partition coefficient (Wildman–Crippen LogP) is 2.72. The van der Waals surface area contributed by atoms with Gasteiger partial charge < -0.3 is 10.1 Å². The van der Waals surface area contributed by atoms with Crippen LogP contribution in [0, 0.1) is 0 Å². The molecule has 0 aromatic carbocycles. The summed E-state index contributed by atoms with van der Waals surface area (Å²) in [5.74, 6) is -0.0928. The molecule has 0 saturated heterocycles. The van der Waals surface area contributed by atoms with Crippen molar-refractivity contribution < 1.29 is 17.9 Å². The fourth-order valence-electron chi connectivity index (χ4n) is 1.26. The van der Waals surface area contributed by atoms with Crippen molar-refractivity contribution in [2.24, 2.45) is 0 Å². The zero-order valence-corrected chi connectivity index (χ0v) is 9.77. The van der Waals surface area contributed by atoms with Crippen molar-refractivity contribution in [2.75, 3.05) is 12.4 Å². The molecule has 0 aliphatic heterocycles. The number of alkyl halides is 3. The monoisotopic (exact) mass is 270 g/mol. The molecule has 0 fully saturated rings. The molecule has 1 N–H and O–H groups in total. The average Bonchev–Trinajstić information content (AvgIpc) is 2.38. The van der Waals surface area contributed by atoms with Crippen molar-refractivity contribution >= 4 is 5.95 Å². The van der Waals surface area contributed by atoms with Gasteiger partial charge in [-0.15, -0.1) is 0 Å². The lowest BCUT2D eigenvalue weighted by molar-refractivity contribution is -0.141.